The summed E-state index contributed by atoms with van der Waals surface area (Å²) in [4.78, 5) is 10.1. The minimum Gasteiger partial charge on any atom is -0.352 e. The van der Waals surface area contributed by atoms with Gasteiger partial charge in [-0.2, -0.15) is 0 Å². The second-order valence-electron chi connectivity index (χ2n) is 6.05. The van der Waals surface area contributed by atoms with Crippen LogP contribution in [0, 0.1) is 17.5 Å². The number of benzene rings is 1. The predicted octanol–water partition coefficient (Wildman–Crippen LogP) is 3.06. The number of nitrogens with one attached hydrogen (secondary N) is 2. The van der Waals surface area contributed by atoms with Crippen molar-refractivity contribution in [2.45, 2.75) is 19.0 Å². The number of rotatable bonds is 4. The van der Waals surface area contributed by atoms with E-state index >= 15 is 0 Å². The maximum atomic E-state index is 13.8. The van der Waals surface area contributed by atoms with Crippen LogP contribution in [0.25, 0.3) is 0 Å². The van der Waals surface area contributed by atoms with E-state index in [1.54, 1.807) is 19.3 Å². The van der Waals surface area contributed by atoms with Gasteiger partial charge >= 0.3 is 0 Å². The van der Waals surface area contributed by atoms with Crippen LogP contribution in [-0.2, 0) is 6.54 Å². The lowest BCUT2D eigenvalue weighted by molar-refractivity contribution is 0.579. The molecule has 0 amide bonds. The normalized spacial score (nSPS) is 16.8. The maximum absolute atomic E-state index is 13.8. The molecule has 1 saturated heterocycles. The molecule has 1 aromatic carbocycles. The van der Waals surface area contributed by atoms with Gasteiger partial charge in [-0.05, 0) is 36.8 Å². The highest BCUT2D eigenvalue weighted by Gasteiger charge is 2.25. The Kier molecular flexibility index (Phi) is 7.69. The third kappa shape index (κ3) is 5.47. The minimum atomic E-state index is -0.491. The van der Waals surface area contributed by atoms with Gasteiger partial charge in [0, 0.05) is 44.5 Å². The molecule has 5 nitrogen and oxygen atoms in total. The van der Waals surface area contributed by atoms with Crippen LogP contribution in [-0.4, -0.2) is 37.1 Å². The van der Waals surface area contributed by atoms with E-state index < -0.39 is 11.6 Å². The number of pyridine rings is 1. The smallest absolute Gasteiger partial charge is 0.191 e. The number of hydrogen-bond acceptors (Lipinski definition) is 3. The van der Waals surface area contributed by atoms with Crippen LogP contribution in [0.2, 0.25) is 0 Å². The standard InChI is InChI=1S/C18H20F3N5.HI/c1-22-18(24-10-12-9-13(19)4-5-15(12)20)25-14-6-8-26(11-14)17-16(21)3-2-7-23-17;/h2-5,7,9,14H,6,8,10-11H2,1H3,(H2,22,24,25);1H. The van der Waals surface area contributed by atoms with Crippen LogP contribution in [0.1, 0.15) is 12.0 Å². The van der Waals surface area contributed by atoms with E-state index in [-0.39, 0.29) is 47.9 Å². The molecule has 1 aromatic heterocycles. The van der Waals surface area contributed by atoms with Crippen molar-refractivity contribution < 1.29 is 13.2 Å². The largest absolute Gasteiger partial charge is 0.352 e. The lowest BCUT2D eigenvalue weighted by atomic mass is 10.2. The molecule has 2 N–H and O–H groups in total. The second kappa shape index (κ2) is 9.77. The summed E-state index contributed by atoms with van der Waals surface area (Å²) in [6.45, 7) is 1.35. The number of guanidine groups is 1. The summed E-state index contributed by atoms with van der Waals surface area (Å²) in [6.07, 6.45) is 2.35. The van der Waals surface area contributed by atoms with Gasteiger partial charge in [0.2, 0.25) is 0 Å². The predicted molar refractivity (Wildman–Crippen MR) is 110 cm³/mol. The van der Waals surface area contributed by atoms with Gasteiger partial charge < -0.3 is 15.5 Å². The summed E-state index contributed by atoms with van der Waals surface area (Å²) < 4.78 is 40.8. The first-order valence-electron chi connectivity index (χ1n) is 8.33. The van der Waals surface area contributed by atoms with Gasteiger partial charge in [-0.15, -0.1) is 24.0 Å². The highest BCUT2D eigenvalue weighted by molar-refractivity contribution is 14.0. The second-order valence-corrected chi connectivity index (χ2v) is 6.05. The van der Waals surface area contributed by atoms with Crippen molar-refractivity contribution in [1.82, 2.24) is 15.6 Å². The molecule has 1 aliphatic heterocycles. The lowest BCUT2D eigenvalue weighted by Crippen LogP contribution is -2.44. The Balaban J connectivity index is 0.00000261. The molecule has 0 saturated carbocycles. The molecule has 0 spiro atoms. The molecule has 2 heterocycles. The van der Waals surface area contributed by atoms with E-state index in [1.807, 2.05) is 4.90 Å². The molecular weight excluding hydrogens is 470 g/mol. The molecule has 3 rings (SSSR count). The van der Waals surface area contributed by atoms with Gasteiger partial charge in [0.1, 0.15) is 11.6 Å². The van der Waals surface area contributed by atoms with Gasteiger partial charge in [-0.25, -0.2) is 18.2 Å². The van der Waals surface area contributed by atoms with Crippen molar-refractivity contribution in [3.63, 3.8) is 0 Å². The van der Waals surface area contributed by atoms with Gasteiger partial charge in [0.15, 0.2) is 17.6 Å². The Morgan fingerprint density at radius 3 is 2.81 bits per heavy atom. The van der Waals surface area contributed by atoms with Gasteiger partial charge in [-0.1, -0.05) is 0 Å². The van der Waals surface area contributed by atoms with Gasteiger partial charge in [0.25, 0.3) is 0 Å². The Labute approximate surface area is 173 Å². The van der Waals surface area contributed by atoms with Gasteiger partial charge in [0.05, 0.1) is 0 Å². The zero-order chi connectivity index (χ0) is 18.5. The summed E-state index contributed by atoms with van der Waals surface area (Å²) >= 11 is 0. The van der Waals surface area contributed by atoms with Crippen molar-refractivity contribution >= 4 is 35.8 Å². The number of anilines is 1. The van der Waals surface area contributed by atoms with Crippen LogP contribution in [0.3, 0.4) is 0 Å². The van der Waals surface area contributed by atoms with Crippen LogP contribution in [0.5, 0.6) is 0 Å². The van der Waals surface area contributed by atoms with Crippen molar-refractivity contribution in [3.8, 4) is 0 Å². The van der Waals surface area contributed by atoms with Crippen LogP contribution in [0.15, 0.2) is 41.5 Å². The Morgan fingerprint density at radius 2 is 2.07 bits per heavy atom. The van der Waals surface area contributed by atoms with Crippen LogP contribution in [0.4, 0.5) is 19.0 Å². The Bertz CT molecular complexity index is 802. The lowest BCUT2D eigenvalue weighted by Gasteiger charge is -2.20. The molecule has 9 heteroatoms. The third-order valence-electron chi connectivity index (χ3n) is 4.25. The molecule has 1 unspecified atom stereocenters. The zero-order valence-electron chi connectivity index (χ0n) is 14.8. The summed E-state index contributed by atoms with van der Waals surface area (Å²) in [5.41, 5.74) is 0.219. The number of nitrogens with zero attached hydrogens (tertiary/aromatic N) is 3. The molecule has 146 valence electrons. The van der Waals surface area contributed by atoms with Crippen molar-refractivity contribution in [1.29, 1.82) is 0 Å². The van der Waals surface area contributed by atoms with Gasteiger partial charge in [-0.3, -0.25) is 4.99 Å². The van der Waals surface area contributed by atoms with Crippen molar-refractivity contribution in [2.24, 2.45) is 4.99 Å². The van der Waals surface area contributed by atoms with Crippen molar-refractivity contribution in [2.75, 3.05) is 25.0 Å². The van der Waals surface area contributed by atoms with Crippen LogP contribution < -0.4 is 15.5 Å². The third-order valence-corrected chi connectivity index (χ3v) is 4.25. The molecule has 1 aliphatic rings. The van der Waals surface area contributed by atoms with E-state index in [4.69, 9.17) is 0 Å². The summed E-state index contributed by atoms with van der Waals surface area (Å²) in [5, 5.41) is 6.19. The fourth-order valence-electron chi connectivity index (χ4n) is 2.93. The van der Waals surface area contributed by atoms with E-state index in [1.165, 1.54) is 6.07 Å². The summed E-state index contributed by atoms with van der Waals surface area (Å²) in [5.74, 6) is -0.511. The highest BCUT2D eigenvalue weighted by atomic mass is 127. The monoisotopic (exact) mass is 491 g/mol. The molecule has 0 aliphatic carbocycles. The van der Waals surface area contributed by atoms with E-state index in [0.717, 1.165) is 24.6 Å². The molecule has 27 heavy (non-hydrogen) atoms. The average Bonchev–Trinajstić information content (AvgIpc) is 3.10. The highest BCUT2D eigenvalue weighted by Crippen LogP contribution is 2.20. The van der Waals surface area contributed by atoms with Crippen molar-refractivity contribution in [3.05, 3.63) is 59.5 Å². The number of aromatic nitrogens is 1. The Hall–Kier alpha value is -2.04. The van der Waals surface area contributed by atoms with E-state index in [2.05, 4.69) is 20.6 Å². The SMILES string of the molecule is CN=C(NCc1cc(F)ccc1F)NC1CCN(c2ncccc2F)C1.I. The molecule has 1 atom stereocenters. The molecule has 0 radical (unpaired) electrons. The maximum Gasteiger partial charge on any atom is 0.191 e. The number of hydrogen-bond donors (Lipinski definition) is 2. The van der Waals surface area contributed by atoms with Crippen LogP contribution >= 0.6 is 24.0 Å². The number of aliphatic imine (C=N–C) groups is 1. The Morgan fingerprint density at radius 1 is 1.26 bits per heavy atom. The molecule has 0 bridgehead atoms. The first-order chi connectivity index (χ1) is 12.6. The summed E-state index contributed by atoms with van der Waals surface area (Å²) in [7, 11) is 1.60. The first kappa shape index (κ1) is 21.3. The number of halogens is 4. The molecule has 1 fully saturated rings. The fourth-order valence-corrected chi connectivity index (χ4v) is 2.93. The first-order valence-corrected chi connectivity index (χ1v) is 8.33. The average molecular weight is 491 g/mol. The molecular formula is C18H21F3IN5. The van der Waals surface area contributed by atoms with E-state index in [0.29, 0.717) is 24.9 Å². The zero-order valence-corrected chi connectivity index (χ0v) is 17.1. The topological polar surface area (TPSA) is 52.6 Å². The van der Waals surface area contributed by atoms with E-state index in [9.17, 15) is 13.2 Å². The minimum absolute atomic E-state index is 0. The fraction of sp³-hybridized carbons (Fsp3) is 0.333. The summed E-state index contributed by atoms with van der Waals surface area (Å²) in [6, 6.07) is 6.31. The quantitative estimate of drug-likeness (QED) is 0.393. The molecule has 2 aromatic rings.